The van der Waals surface area contributed by atoms with E-state index in [0.29, 0.717) is 17.7 Å². The number of hydrogen-bond acceptors (Lipinski definition) is 3. The molecule has 46 heavy (non-hydrogen) atoms. The van der Waals surface area contributed by atoms with Crippen LogP contribution in [0.2, 0.25) is 0 Å². The third-order valence-electron chi connectivity index (χ3n) is 8.36. The Kier molecular flexibility index (Phi) is 16.6. The second-order valence-corrected chi connectivity index (χ2v) is 12.1. The average molecular weight is 641 g/mol. The molecule has 0 saturated carbocycles. The maximum absolute atomic E-state index is 15.4. The van der Waals surface area contributed by atoms with Crippen molar-refractivity contribution in [1.82, 2.24) is 0 Å². The standard InChI is InChI=1S/C39H51F3O4/c1-3-5-7-9-11-13-15-17-25-45-35-23-20-30(28-34(35)40)29-19-21-32(39(43)44)33(27-29)31-22-24-36(38(42)37(31)41)46-26-18-16-14-12-10-8-6-4-2/h19-24,27-28H,3-18,25-26H2,1-2H3,(H,43,44). The van der Waals surface area contributed by atoms with Gasteiger partial charge in [-0.2, -0.15) is 4.39 Å². The van der Waals surface area contributed by atoms with Crippen molar-refractivity contribution >= 4 is 5.97 Å². The van der Waals surface area contributed by atoms with Gasteiger partial charge in [-0.05, 0) is 65.9 Å². The Balaban J connectivity index is 1.63. The van der Waals surface area contributed by atoms with Gasteiger partial charge in [0.05, 0.1) is 18.8 Å². The van der Waals surface area contributed by atoms with Gasteiger partial charge in [0.2, 0.25) is 5.82 Å². The van der Waals surface area contributed by atoms with Gasteiger partial charge in [-0.1, -0.05) is 116 Å². The topological polar surface area (TPSA) is 55.8 Å². The maximum Gasteiger partial charge on any atom is 0.336 e. The van der Waals surface area contributed by atoms with Crippen LogP contribution in [0, 0.1) is 17.5 Å². The van der Waals surface area contributed by atoms with Crippen LogP contribution in [0.3, 0.4) is 0 Å². The van der Waals surface area contributed by atoms with Crippen LogP contribution >= 0.6 is 0 Å². The quantitative estimate of drug-likeness (QED) is 0.105. The fraction of sp³-hybridized carbons (Fsp3) is 0.513. The lowest BCUT2D eigenvalue weighted by molar-refractivity contribution is 0.0697. The van der Waals surface area contributed by atoms with Gasteiger partial charge in [0.25, 0.3) is 0 Å². The molecule has 0 heterocycles. The molecular formula is C39H51F3O4. The van der Waals surface area contributed by atoms with Gasteiger partial charge >= 0.3 is 5.97 Å². The number of aromatic carboxylic acids is 1. The van der Waals surface area contributed by atoms with E-state index in [2.05, 4.69) is 13.8 Å². The highest BCUT2D eigenvalue weighted by molar-refractivity contribution is 5.97. The minimum atomic E-state index is -1.28. The Bertz CT molecular complexity index is 1360. The molecule has 0 bridgehead atoms. The predicted molar refractivity (Wildman–Crippen MR) is 180 cm³/mol. The Labute approximate surface area is 273 Å². The molecule has 0 atom stereocenters. The first-order valence-electron chi connectivity index (χ1n) is 17.3. The van der Waals surface area contributed by atoms with Crippen molar-refractivity contribution in [2.24, 2.45) is 0 Å². The van der Waals surface area contributed by atoms with E-state index in [4.69, 9.17) is 9.47 Å². The summed E-state index contributed by atoms with van der Waals surface area (Å²) in [6, 6.07) is 11.5. The monoisotopic (exact) mass is 640 g/mol. The van der Waals surface area contributed by atoms with Crippen LogP contribution in [0.25, 0.3) is 22.3 Å². The van der Waals surface area contributed by atoms with Crippen LogP contribution in [-0.2, 0) is 0 Å². The summed E-state index contributed by atoms with van der Waals surface area (Å²) < 4.78 is 56.6. The maximum atomic E-state index is 15.4. The number of ether oxygens (including phenoxy) is 2. The van der Waals surface area contributed by atoms with Crippen molar-refractivity contribution < 1.29 is 32.5 Å². The molecule has 7 heteroatoms. The highest BCUT2D eigenvalue weighted by atomic mass is 19.2. The van der Waals surface area contributed by atoms with E-state index in [1.54, 1.807) is 12.1 Å². The number of carboxylic acids is 1. The summed E-state index contributed by atoms with van der Waals surface area (Å²) in [5.74, 6) is -4.25. The zero-order valence-corrected chi connectivity index (χ0v) is 27.7. The normalized spacial score (nSPS) is 11.2. The fourth-order valence-corrected chi connectivity index (χ4v) is 5.62. The summed E-state index contributed by atoms with van der Waals surface area (Å²) in [5, 5.41) is 9.80. The summed E-state index contributed by atoms with van der Waals surface area (Å²) in [6.07, 6.45) is 18.1. The average Bonchev–Trinajstić information content (AvgIpc) is 3.05. The minimum Gasteiger partial charge on any atom is -0.491 e. The summed E-state index contributed by atoms with van der Waals surface area (Å²) in [6.45, 7) is 5.08. The molecule has 0 aliphatic carbocycles. The molecule has 0 aliphatic rings. The van der Waals surface area contributed by atoms with E-state index in [-0.39, 0.29) is 34.8 Å². The lowest BCUT2D eigenvalue weighted by Gasteiger charge is -2.14. The summed E-state index contributed by atoms with van der Waals surface area (Å²) in [5.41, 5.74) is 0.513. The van der Waals surface area contributed by atoms with Crippen molar-refractivity contribution in [1.29, 1.82) is 0 Å². The van der Waals surface area contributed by atoms with Crippen LogP contribution in [-0.4, -0.2) is 24.3 Å². The molecule has 0 fully saturated rings. The number of halogens is 3. The molecule has 3 aromatic carbocycles. The zero-order chi connectivity index (χ0) is 33.1. The molecule has 0 amide bonds. The number of carbonyl (C=O) groups is 1. The van der Waals surface area contributed by atoms with Crippen LogP contribution in [0.5, 0.6) is 11.5 Å². The van der Waals surface area contributed by atoms with E-state index >= 15 is 8.78 Å². The molecule has 0 aromatic heterocycles. The fourth-order valence-electron chi connectivity index (χ4n) is 5.62. The molecule has 3 rings (SSSR count). The van der Waals surface area contributed by atoms with E-state index in [0.717, 1.165) is 44.9 Å². The van der Waals surface area contributed by atoms with E-state index in [1.165, 1.54) is 94.2 Å². The molecule has 4 nitrogen and oxygen atoms in total. The molecule has 3 aromatic rings. The molecule has 0 aliphatic heterocycles. The third-order valence-corrected chi connectivity index (χ3v) is 8.36. The first kappa shape index (κ1) is 37.0. The van der Waals surface area contributed by atoms with Crippen LogP contribution in [0.4, 0.5) is 13.2 Å². The highest BCUT2D eigenvalue weighted by Gasteiger charge is 2.21. The number of carboxylic acid groups (broad SMARTS) is 1. The van der Waals surface area contributed by atoms with Crippen molar-refractivity contribution in [2.75, 3.05) is 13.2 Å². The second-order valence-electron chi connectivity index (χ2n) is 12.1. The van der Waals surface area contributed by atoms with Crippen molar-refractivity contribution in [3.8, 4) is 33.8 Å². The molecule has 1 N–H and O–H groups in total. The zero-order valence-electron chi connectivity index (χ0n) is 27.7. The largest absolute Gasteiger partial charge is 0.491 e. The van der Waals surface area contributed by atoms with Crippen molar-refractivity contribution in [3.63, 3.8) is 0 Å². The van der Waals surface area contributed by atoms with E-state index < -0.39 is 23.4 Å². The van der Waals surface area contributed by atoms with Crippen LogP contribution < -0.4 is 9.47 Å². The molecule has 252 valence electrons. The number of benzene rings is 3. The summed E-state index contributed by atoms with van der Waals surface area (Å²) in [7, 11) is 0. The molecule has 0 saturated heterocycles. The van der Waals surface area contributed by atoms with Crippen molar-refractivity contribution in [3.05, 3.63) is 71.5 Å². The van der Waals surface area contributed by atoms with Gasteiger partial charge in [0, 0.05) is 5.56 Å². The summed E-state index contributed by atoms with van der Waals surface area (Å²) >= 11 is 0. The van der Waals surface area contributed by atoms with Crippen LogP contribution in [0.15, 0.2) is 48.5 Å². The molecule has 0 unspecified atom stereocenters. The number of hydrogen-bond donors (Lipinski definition) is 1. The molecular weight excluding hydrogens is 589 g/mol. The predicted octanol–water partition coefficient (Wildman–Crippen LogP) is 12.2. The summed E-state index contributed by atoms with van der Waals surface area (Å²) in [4.78, 5) is 12.0. The highest BCUT2D eigenvalue weighted by Crippen LogP contribution is 2.36. The van der Waals surface area contributed by atoms with Gasteiger partial charge in [0.15, 0.2) is 23.1 Å². The van der Waals surface area contributed by atoms with Gasteiger partial charge in [0.1, 0.15) is 0 Å². The van der Waals surface area contributed by atoms with E-state index in [1.807, 2.05) is 0 Å². The first-order valence-corrected chi connectivity index (χ1v) is 17.3. The number of rotatable bonds is 23. The van der Waals surface area contributed by atoms with Gasteiger partial charge in [-0.3, -0.25) is 0 Å². The van der Waals surface area contributed by atoms with Gasteiger partial charge in [-0.15, -0.1) is 0 Å². The number of unbranched alkanes of at least 4 members (excludes halogenated alkanes) is 14. The molecule has 0 radical (unpaired) electrons. The van der Waals surface area contributed by atoms with Crippen molar-refractivity contribution in [2.45, 2.75) is 117 Å². The van der Waals surface area contributed by atoms with Gasteiger partial charge in [-0.25, -0.2) is 13.6 Å². The smallest absolute Gasteiger partial charge is 0.336 e. The SMILES string of the molecule is CCCCCCCCCCOc1ccc(-c2ccc(C(=O)O)c(-c3ccc(OCCCCCCCCCC)c(F)c3F)c2)cc1F. The Morgan fingerprint density at radius 2 is 1.04 bits per heavy atom. The first-order chi connectivity index (χ1) is 22.4. The molecule has 0 spiro atoms. The Morgan fingerprint density at radius 1 is 0.565 bits per heavy atom. The Morgan fingerprint density at radius 3 is 1.59 bits per heavy atom. The second kappa shape index (κ2) is 20.6. The third kappa shape index (κ3) is 11.7. The van der Waals surface area contributed by atoms with Gasteiger partial charge < -0.3 is 14.6 Å². The lowest BCUT2D eigenvalue weighted by atomic mass is 9.94. The van der Waals surface area contributed by atoms with E-state index in [9.17, 15) is 14.3 Å². The minimum absolute atomic E-state index is 0.00792. The Hall–Kier alpha value is -3.48. The van der Waals surface area contributed by atoms with Crippen LogP contribution in [0.1, 0.15) is 127 Å². The lowest BCUT2D eigenvalue weighted by Crippen LogP contribution is -2.04.